The second-order valence-corrected chi connectivity index (χ2v) is 4.69. The van der Waals surface area contributed by atoms with Crippen LogP contribution in [-0.2, 0) is 13.0 Å². The first-order chi connectivity index (χ1) is 9.17. The summed E-state index contributed by atoms with van der Waals surface area (Å²) in [6, 6.07) is 10.2. The maximum Gasteiger partial charge on any atom is 0.133 e. The van der Waals surface area contributed by atoms with Gasteiger partial charge < -0.3 is 11.1 Å². The van der Waals surface area contributed by atoms with Gasteiger partial charge in [0.25, 0.3) is 0 Å². The Kier molecular flexibility index (Phi) is 4.34. The average molecular weight is 256 g/mol. The predicted octanol–water partition coefficient (Wildman–Crippen LogP) is 2.93. The van der Waals surface area contributed by atoms with Crippen LogP contribution in [0.3, 0.4) is 0 Å². The highest BCUT2D eigenvalue weighted by Crippen LogP contribution is 2.12. The quantitative estimate of drug-likeness (QED) is 0.863. The molecule has 0 unspecified atom stereocenters. The smallest absolute Gasteiger partial charge is 0.133 e. The van der Waals surface area contributed by atoms with Crippen LogP contribution in [0.1, 0.15) is 30.3 Å². The Hall–Kier alpha value is -2.10. The SMILES string of the molecule is CCCc1nc(N)cc(NCc2cccc(C)c2)n1. The number of hydrogen-bond donors (Lipinski definition) is 2. The van der Waals surface area contributed by atoms with Crippen LogP contribution < -0.4 is 11.1 Å². The van der Waals surface area contributed by atoms with E-state index < -0.39 is 0 Å². The van der Waals surface area contributed by atoms with Crippen molar-refractivity contribution >= 4 is 11.6 Å². The summed E-state index contributed by atoms with van der Waals surface area (Å²) in [5.41, 5.74) is 8.28. The number of nitrogen functional groups attached to an aromatic ring is 1. The van der Waals surface area contributed by atoms with Crippen LogP contribution in [0.2, 0.25) is 0 Å². The number of nitrogens with one attached hydrogen (secondary N) is 1. The molecule has 2 aromatic rings. The van der Waals surface area contributed by atoms with Gasteiger partial charge >= 0.3 is 0 Å². The summed E-state index contributed by atoms with van der Waals surface area (Å²) in [4.78, 5) is 8.68. The Balaban J connectivity index is 2.06. The first-order valence-corrected chi connectivity index (χ1v) is 6.60. The highest BCUT2D eigenvalue weighted by atomic mass is 15.0. The van der Waals surface area contributed by atoms with Gasteiger partial charge in [-0.3, -0.25) is 0 Å². The maximum atomic E-state index is 5.79. The van der Waals surface area contributed by atoms with Crippen molar-refractivity contribution in [1.82, 2.24) is 9.97 Å². The van der Waals surface area contributed by atoms with Gasteiger partial charge in [0.1, 0.15) is 17.5 Å². The van der Waals surface area contributed by atoms with Crippen LogP contribution in [0, 0.1) is 6.92 Å². The van der Waals surface area contributed by atoms with Gasteiger partial charge in [0.15, 0.2) is 0 Å². The lowest BCUT2D eigenvalue weighted by Gasteiger charge is -2.08. The lowest BCUT2D eigenvalue weighted by Crippen LogP contribution is -2.06. The molecule has 0 aliphatic rings. The molecule has 19 heavy (non-hydrogen) atoms. The zero-order valence-corrected chi connectivity index (χ0v) is 11.5. The van der Waals surface area contributed by atoms with Gasteiger partial charge in [-0.2, -0.15) is 0 Å². The van der Waals surface area contributed by atoms with Gasteiger partial charge in [-0.25, -0.2) is 9.97 Å². The van der Waals surface area contributed by atoms with Crippen molar-refractivity contribution in [2.24, 2.45) is 0 Å². The molecular weight excluding hydrogens is 236 g/mol. The van der Waals surface area contributed by atoms with E-state index in [1.807, 2.05) is 0 Å². The normalized spacial score (nSPS) is 10.4. The van der Waals surface area contributed by atoms with E-state index >= 15 is 0 Å². The fourth-order valence-corrected chi connectivity index (χ4v) is 1.96. The van der Waals surface area contributed by atoms with Gasteiger partial charge in [-0.05, 0) is 18.9 Å². The molecule has 1 heterocycles. The van der Waals surface area contributed by atoms with E-state index in [1.54, 1.807) is 6.07 Å². The van der Waals surface area contributed by atoms with E-state index in [2.05, 4.69) is 53.4 Å². The van der Waals surface area contributed by atoms with Gasteiger partial charge in [-0.15, -0.1) is 0 Å². The Bertz CT molecular complexity index is 552. The van der Waals surface area contributed by atoms with Gasteiger partial charge in [-0.1, -0.05) is 36.8 Å². The minimum atomic E-state index is 0.519. The highest BCUT2D eigenvalue weighted by Gasteiger charge is 2.02. The number of aryl methyl sites for hydroxylation is 2. The predicted molar refractivity (Wildman–Crippen MR) is 78.9 cm³/mol. The van der Waals surface area contributed by atoms with Crippen LogP contribution in [0.4, 0.5) is 11.6 Å². The largest absolute Gasteiger partial charge is 0.384 e. The number of nitrogens with zero attached hydrogens (tertiary/aromatic N) is 2. The summed E-state index contributed by atoms with van der Waals surface area (Å²) in [5.74, 6) is 2.11. The van der Waals surface area contributed by atoms with Crippen molar-refractivity contribution in [2.75, 3.05) is 11.1 Å². The number of nitrogens with two attached hydrogens (primary N) is 1. The molecule has 1 aromatic heterocycles. The van der Waals surface area contributed by atoms with E-state index in [0.717, 1.165) is 31.0 Å². The Morgan fingerprint density at radius 1 is 1.21 bits per heavy atom. The average Bonchev–Trinajstić information content (AvgIpc) is 2.36. The number of hydrogen-bond acceptors (Lipinski definition) is 4. The Labute approximate surface area is 114 Å². The number of rotatable bonds is 5. The first-order valence-electron chi connectivity index (χ1n) is 6.60. The standard InChI is InChI=1S/C15H20N4/c1-3-5-14-18-13(16)9-15(19-14)17-10-12-7-4-6-11(2)8-12/h4,6-9H,3,5,10H2,1-2H3,(H3,16,17,18,19). The molecule has 3 N–H and O–H groups in total. The molecule has 0 amide bonds. The second kappa shape index (κ2) is 6.18. The molecule has 4 nitrogen and oxygen atoms in total. The summed E-state index contributed by atoms with van der Waals surface area (Å²) >= 11 is 0. The van der Waals surface area contributed by atoms with E-state index in [-0.39, 0.29) is 0 Å². The van der Waals surface area contributed by atoms with Crippen LogP contribution in [0.5, 0.6) is 0 Å². The highest BCUT2D eigenvalue weighted by molar-refractivity contribution is 5.45. The van der Waals surface area contributed by atoms with Crippen LogP contribution in [0.25, 0.3) is 0 Å². The van der Waals surface area contributed by atoms with Crippen molar-refractivity contribution in [1.29, 1.82) is 0 Å². The van der Waals surface area contributed by atoms with Crippen molar-refractivity contribution in [3.8, 4) is 0 Å². The molecule has 0 spiro atoms. The van der Waals surface area contributed by atoms with Crippen LogP contribution in [0.15, 0.2) is 30.3 Å². The molecular formula is C15H20N4. The molecule has 0 radical (unpaired) electrons. The summed E-state index contributed by atoms with van der Waals surface area (Å²) in [6.45, 7) is 4.93. The van der Waals surface area contributed by atoms with Gasteiger partial charge in [0.05, 0.1) is 0 Å². The molecule has 0 fully saturated rings. The molecule has 0 atom stereocenters. The second-order valence-electron chi connectivity index (χ2n) is 4.69. The van der Waals surface area contributed by atoms with Crippen LogP contribution in [-0.4, -0.2) is 9.97 Å². The first kappa shape index (κ1) is 13.3. The summed E-state index contributed by atoms with van der Waals surface area (Å²) < 4.78 is 0. The Morgan fingerprint density at radius 2 is 2.05 bits per heavy atom. The molecule has 100 valence electrons. The molecule has 0 aliphatic heterocycles. The van der Waals surface area contributed by atoms with Crippen molar-refractivity contribution < 1.29 is 0 Å². The van der Waals surface area contributed by atoms with Gasteiger partial charge in [0.2, 0.25) is 0 Å². The molecule has 4 heteroatoms. The summed E-state index contributed by atoms with van der Waals surface area (Å²) in [7, 11) is 0. The third-order valence-electron chi connectivity index (χ3n) is 2.82. The van der Waals surface area contributed by atoms with E-state index in [0.29, 0.717) is 5.82 Å². The molecule has 0 saturated carbocycles. The lowest BCUT2D eigenvalue weighted by atomic mass is 10.1. The van der Waals surface area contributed by atoms with Gasteiger partial charge in [0, 0.05) is 19.0 Å². The van der Waals surface area contributed by atoms with Crippen molar-refractivity contribution in [2.45, 2.75) is 33.2 Å². The molecule has 0 bridgehead atoms. The molecule has 2 rings (SSSR count). The maximum absolute atomic E-state index is 5.79. The van der Waals surface area contributed by atoms with Crippen molar-refractivity contribution in [3.63, 3.8) is 0 Å². The minimum Gasteiger partial charge on any atom is -0.384 e. The lowest BCUT2D eigenvalue weighted by molar-refractivity contribution is 0.836. The number of anilines is 2. The fraction of sp³-hybridized carbons (Fsp3) is 0.333. The third kappa shape index (κ3) is 3.95. The zero-order chi connectivity index (χ0) is 13.7. The number of aromatic nitrogens is 2. The third-order valence-corrected chi connectivity index (χ3v) is 2.82. The van der Waals surface area contributed by atoms with Crippen molar-refractivity contribution in [3.05, 3.63) is 47.3 Å². The Morgan fingerprint density at radius 3 is 2.79 bits per heavy atom. The molecule has 1 aromatic carbocycles. The van der Waals surface area contributed by atoms with E-state index in [4.69, 9.17) is 5.73 Å². The fourth-order valence-electron chi connectivity index (χ4n) is 1.96. The van der Waals surface area contributed by atoms with Crippen LogP contribution >= 0.6 is 0 Å². The number of benzene rings is 1. The molecule has 0 aliphatic carbocycles. The summed E-state index contributed by atoms with van der Waals surface area (Å²) in [6.07, 6.45) is 1.87. The summed E-state index contributed by atoms with van der Waals surface area (Å²) in [5, 5.41) is 3.30. The van der Waals surface area contributed by atoms with E-state index in [9.17, 15) is 0 Å². The topological polar surface area (TPSA) is 63.8 Å². The van der Waals surface area contributed by atoms with E-state index in [1.165, 1.54) is 11.1 Å². The zero-order valence-electron chi connectivity index (χ0n) is 11.5. The minimum absolute atomic E-state index is 0.519. The molecule has 0 saturated heterocycles. The monoisotopic (exact) mass is 256 g/mol.